The lowest BCUT2D eigenvalue weighted by atomic mass is 9.92. The van der Waals surface area contributed by atoms with Crippen molar-refractivity contribution >= 4 is 0 Å². The molecule has 1 aromatic heterocycles. The van der Waals surface area contributed by atoms with Crippen molar-refractivity contribution in [3.63, 3.8) is 0 Å². The lowest BCUT2D eigenvalue weighted by Crippen LogP contribution is -2.39. The van der Waals surface area contributed by atoms with Gasteiger partial charge in [0, 0.05) is 38.6 Å². The molecule has 4 nitrogen and oxygen atoms in total. The summed E-state index contributed by atoms with van der Waals surface area (Å²) in [7, 11) is 4.23. The highest BCUT2D eigenvalue weighted by Crippen LogP contribution is 2.22. The third kappa shape index (κ3) is 4.10. The third-order valence-electron chi connectivity index (χ3n) is 3.48. The molecule has 0 amide bonds. The fraction of sp³-hybridized carbons (Fsp3) is 0.786. The van der Waals surface area contributed by atoms with Crippen LogP contribution >= 0.6 is 0 Å². The molecule has 1 heterocycles. The fourth-order valence-electron chi connectivity index (χ4n) is 2.34. The maximum atomic E-state index is 4.38. The molecule has 0 atom stereocenters. The van der Waals surface area contributed by atoms with Crippen LogP contribution in [0.4, 0.5) is 0 Å². The number of aryl methyl sites for hydroxylation is 1. The van der Waals surface area contributed by atoms with Gasteiger partial charge in [-0.15, -0.1) is 0 Å². The van der Waals surface area contributed by atoms with Crippen LogP contribution in [0.5, 0.6) is 0 Å². The number of hydrogen-bond donors (Lipinski definition) is 1. The van der Waals surface area contributed by atoms with Crippen LogP contribution in [0, 0.1) is 5.41 Å². The van der Waals surface area contributed by atoms with Gasteiger partial charge in [-0.05, 0) is 25.3 Å². The van der Waals surface area contributed by atoms with Crippen LogP contribution in [-0.4, -0.2) is 40.6 Å². The molecule has 0 aliphatic heterocycles. The largest absolute Gasteiger partial charge is 0.337 e. The van der Waals surface area contributed by atoms with Crippen molar-refractivity contribution in [1.29, 1.82) is 0 Å². The SMILES string of the molecule is CN(Cc1nccn1C)CC(C)(C)CNC1CC1. The second-order valence-corrected chi connectivity index (χ2v) is 6.45. The Hall–Kier alpha value is -0.870. The smallest absolute Gasteiger partial charge is 0.122 e. The Morgan fingerprint density at radius 1 is 1.50 bits per heavy atom. The first-order valence-electron chi connectivity index (χ1n) is 6.84. The quantitative estimate of drug-likeness (QED) is 0.798. The minimum Gasteiger partial charge on any atom is -0.337 e. The molecule has 1 saturated carbocycles. The van der Waals surface area contributed by atoms with Crippen LogP contribution in [0.1, 0.15) is 32.5 Å². The van der Waals surface area contributed by atoms with Crippen molar-refractivity contribution in [3.8, 4) is 0 Å². The van der Waals surface area contributed by atoms with E-state index in [-0.39, 0.29) is 0 Å². The van der Waals surface area contributed by atoms with Crippen LogP contribution in [0.25, 0.3) is 0 Å². The summed E-state index contributed by atoms with van der Waals surface area (Å²) >= 11 is 0. The molecule has 0 saturated heterocycles. The molecule has 1 aliphatic carbocycles. The van der Waals surface area contributed by atoms with Crippen molar-refractivity contribution < 1.29 is 0 Å². The lowest BCUT2D eigenvalue weighted by molar-refractivity contribution is 0.193. The van der Waals surface area contributed by atoms with Gasteiger partial charge in [0.1, 0.15) is 5.82 Å². The maximum Gasteiger partial charge on any atom is 0.122 e. The zero-order chi connectivity index (χ0) is 13.2. The Labute approximate surface area is 110 Å². The van der Waals surface area contributed by atoms with Gasteiger partial charge in [-0.1, -0.05) is 13.8 Å². The van der Waals surface area contributed by atoms with E-state index < -0.39 is 0 Å². The first-order valence-corrected chi connectivity index (χ1v) is 6.84. The highest BCUT2D eigenvalue weighted by atomic mass is 15.2. The molecule has 102 valence electrons. The van der Waals surface area contributed by atoms with Crippen LogP contribution in [0.3, 0.4) is 0 Å². The number of imidazole rings is 1. The van der Waals surface area contributed by atoms with E-state index in [1.807, 2.05) is 12.4 Å². The van der Waals surface area contributed by atoms with Crippen molar-refractivity contribution in [2.24, 2.45) is 12.5 Å². The lowest BCUT2D eigenvalue weighted by Gasteiger charge is -2.30. The predicted molar refractivity (Wildman–Crippen MR) is 74.3 cm³/mol. The molecular weight excluding hydrogens is 224 g/mol. The van der Waals surface area contributed by atoms with E-state index in [4.69, 9.17) is 0 Å². The average molecular weight is 250 g/mol. The zero-order valence-electron chi connectivity index (χ0n) is 12.1. The van der Waals surface area contributed by atoms with Gasteiger partial charge in [0.2, 0.25) is 0 Å². The first-order chi connectivity index (χ1) is 8.46. The summed E-state index contributed by atoms with van der Waals surface area (Å²) in [4.78, 5) is 6.73. The van der Waals surface area contributed by atoms with E-state index in [1.54, 1.807) is 0 Å². The number of rotatable bonds is 7. The molecule has 4 heteroatoms. The van der Waals surface area contributed by atoms with Gasteiger partial charge in [-0.25, -0.2) is 4.98 Å². The minimum absolute atomic E-state index is 0.308. The van der Waals surface area contributed by atoms with Crippen LogP contribution in [0.2, 0.25) is 0 Å². The topological polar surface area (TPSA) is 33.1 Å². The van der Waals surface area contributed by atoms with Crippen molar-refractivity contribution in [3.05, 3.63) is 18.2 Å². The standard InChI is InChI=1S/C14H26N4/c1-14(2,10-16-12-5-6-12)11-17(3)9-13-15-7-8-18(13)4/h7-8,12,16H,5-6,9-11H2,1-4H3. The molecule has 0 aromatic carbocycles. The van der Waals surface area contributed by atoms with Crippen molar-refractivity contribution in [2.75, 3.05) is 20.1 Å². The van der Waals surface area contributed by atoms with E-state index in [2.05, 4.69) is 47.7 Å². The van der Waals surface area contributed by atoms with E-state index in [1.165, 1.54) is 12.8 Å². The number of aromatic nitrogens is 2. The molecule has 18 heavy (non-hydrogen) atoms. The molecule has 1 N–H and O–H groups in total. The second-order valence-electron chi connectivity index (χ2n) is 6.45. The molecule has 1 fully saturated rings. The number of hydrogen-bond acceptors (Lipinski definition) is 3. The maximum absolute atomic E-state index is 4.38. The summed E-state index contributed by atoms with van der Waals surface area (Å²) in [5, 5.41) is 3.62. The second kappa shape index (κ2) is 5.41. The first kappa shape index (κ1) is 13.6. The van der Waals surface area contributed by atoms with E-state index in [0.29, 0.717) is 5.41 Å². The van der Waals surface area contributed by atoms with Crippen LogP contribution in [0.15, 0.2) is 12.4 Å². The van der Waals surface area contributed by atoms with Crippen molar-refractivity contribution in [2.45, 2.75) is 39.3 Å². The van der Waals surface area contributed by atoms with Crippen LogP contribution in [-0.2, 0) is 13.6 Å². The highest BCUT2D eigenvalue weighted by molar-refractivity contribution is 4.91. The molecule has 0 radical (unpaired) electrons. The minimum atomic E-state index is 0.308. The Kier molecular flexibility index (Phi) is 4.07. The van der Waals surface area contributed by atoms with Gasteiger partial charge in [-0.2, -0.15) is 0 Å². The molecular formula is C14H26N4. The fourth-order valence-corrected chi connectivity index (χ4v) is 2.34. The summed E-state index contributed by atoms with van der Waals surface area (Å²) in [6.45, 7) is 7.76. The summed E-state index contributed by atoms with van der Waals surface area (Å²) in [6.07, 6.45) is 6.59. The van der Waals surface area contributed by atoms with Gasteiger partial charge >= 0.3 is 0 Å². The average Bonchev–Trinajstić information content (AvgIpc) is 3.01. The highest BCUT2D eigenvalue weighted by Gasteiger charge is 2.26. The van der Waals surface area contributed by atoms with Crippen LogP contribution < -0.4 is 5.32 Å². The van der Waals surface area contributed by atoms with Gasteiger partial charge in [0.15, 0.2) is 0 Å². The third-order valence-corrected chi connectivity index (χ3v) is 3.48. The predicted octanol–water partition coefficient (Wildman–Crippen LogP) is 1.63. The Morgan fingerprint density at radius 2 is 2.22 bits per heavy atom. The summed E-state index contributed by atoms with van der Waals surface area (Å²) in [5.41, 5.74) is 0.308. The van der Waals surface area contributed by atoms with E-state index in [9.17, 15) is 0 Å². The number of nitrogens with one attached hydrogen (secondary N) is 1. The molecule has 2 rings (SSSR count). The van der Waals surface area contributed by atoms with Crippen molar-refractivity contribution in [1.82, 2.24) is 19.8 Å². The molecule has 0 unspecified atom stereocenters. The molecule has 1 aromatic rings. The van der Waals surface area contributed by atoms with Gasteiger partial charge in [0.25, 0.3) is 0 Å². The summed E-state index contributed by atoms with van der Waals surface area (Å²) in [5.74, 6) is 1.13. The Morgan fingerprint density at radius 3 is 2.78 bits per heavy atom. The molecule has 1 aliphatic rings. The van der Waals surface area contributed by atoms with E-state index in [0.717, 1.165) is 31.5 Å². The van der Waals surface area contributed by atoms with Gasteiger partial charge in [0.05, 0.1) is 6.54 Å². The van der Waals surface area contributed by atoms with Gasteiger partial charge in [-0.3, -0.25) is 4.90 Å². The molecule has 0 bridgehead atoms. The summed E-state index contributed by atoms with van der Waals surface area (Å²) < 4.78 is 2.09. The molecule has 0 spiro atoms. The number of nitrogens with zero attached hydrogens (tertiary/aromatic N) is 3. The Balaban J connectivity index is 1.78. The monoisotopic (exact) mass is 250 g/mol. The normalized spacial score (nSPS) is 16.5. The summed E-state index contributed by atoms with van der Waals surface area (Å²) in [6, 6.07) is 0.795. The Bertz CT molecular complexity index is 379. The van der Waals surface area contributed by atoms with E-state index >= 15 is 0 Å². The van der Waals surface area contributed by atoms with Gasteiger partial charge < -0.3 is 9.88 Å². The zero-order valence-corrected chi connectivity index (χ0v) is 12.1.